The minimum absolute atomic E-state index is 0.0123. The van der Waals surface area contributed by atoms with Crippen LogP contribution < -0.4 is 0 Å². The Morgan fingerprint density at radius 1 is 1.62 bits per heavy atom. The molecule has 0 aromatic rings. The molecule has 0 aromatic heterocycles. The van der Waals surface area contributed by atoms with Crippen LogP contribution in [-0.4, -0.2) is 29.9 Å². The number of hydrogen-bond donors (Lipinski definition) is 0. The van der Waals surface area contributed by atoms with Crippen LogP contribution in [0.1, 0.15) is 6.92 Å². The Morgan fingerprint density at radius 2 is 2.12 bits per heavy atom. The van der Waals surface area contributed by atoms with Gasteiger partial charge in [-0.05, 0) is 13.6 Å². The summed E-state index contributed by atoms with van der Waals surface area (Å²) in [6, 6.07) is 0. The van der Waals surface area contributed by atoms with Gasteiger partial charge in [-0.3, -0.25) is 4.90 Å². The molecule has 0 saturated carbocycles. The van der Waals surface area contributed by atoms with E-state index in [0.717, 1.165) is 6.54 Å². The summed E-state index contributed by atoms with van der Waals surface area (Å²) >= 11 is 11.2. The molecule has 0 radical (unpaired) electrons. The van der Waals surface area contributed by atoms with Gasteiger partial charge in [0.15, 0.2) is 0 Å². The Kier molecular flexibility index (Phi) is 4.72. The highest BCUT2D eigenvalue weighted by Gasteiger charge is 2.05. The van der Waals surface area contributed by atoms with Crippen LogP contribution >= 0.6 is 23.2 Å². The Bertz CT molecular complexity index is 50.4. The van der Waals surface area contributed by atoms with Crippen molar-refractivity contribution < 1.29 is 0 Å². The number of hydrogen-bond acceptors (Lipinski definition) is 1. The Balaban J connectivity index is 3.29. The van der Waals surface area contributed by atoms with E-state index >= 15 is 0 Å². The molecule has 8 heavy (non-hydrogen) atoms. The molecule has 0 N–H and O–H groups in total. The summed E-state index contributed by atoms with van der Waals surface area (Å²) in [5, 5.41) is 0. The summed E-state index contributed by atoms with van der Waals surface area (Å²) in [5.74, 6) is 0.492. The van der Waals surface area contributed by atoms with E-state index in [4.69, 9.17) is 23.2 Å². The molecule has 0 heterocycles. The highest BCUT2D eigenvalue weighted by molar-refractivity contribution is 6.27. The molecule has 0 saturated heterocycles. The first-order chi connectivity index (χ1) is 3.72. The van der Waals surface area contributed by atoms with E-state index < -0.39 is 0 Å². The summed E-state index contributed by atoms with van der Waals surface area (Å²) in [4.78, 5) is 1.98. The first kappa shape index (κ1) is 8.54. The summed E-state index contributed by atoms with van der Waals surface area (Å²) in [6.07, 6.45) is 0. The lowest BCUT2D eigenvalue weighted by atomic mass is 10.6. The number of alkyl halides is 2. The third kappa shape index (κ3) is 2.75. The molecule has 0 rings (SSSR count). The highest BCUT2D eigenvalue weighted by atomic mass is 35.5. The van der Waals surface area contributed by atoms with Crippen LogP contribution in [0.2, 0.25) is 0 Å². The van der Waals surface area contributed by atoms with Crippen molar-refractivity contribution in [3.8, 4) is 0 Å². The molecule has 0 aliphatic carbocycles. The van der Waals surface area contributed by atoms with Crippen molar-refractivity contribution in [2.24, 2.45) is 0 Å². The second-order valence-electron chi connectivity index (χ2n) is 1.66. The topological polar surface area (TPSA) is 3.24 Å². The first-order valence-corrected chi connectivity index (χ1v) is 3.59. The minimum Gasteiger partial charge on any atom is -0.290 e. The molecular weight excluding hydrogens is 145 g/mol. The highest BCUT2D eigenvalue weighted by Crippen LogP contribution is 2.02. The normalized spacial score (nSPS) is 14.6. The van der Waals surface area contributed by atoms with E-state index in [1.54, 1.807) is 0 Å². The molecule has 50 valence electrons. The van der Waals surface area contributed by atoms with Crippen molar-refractivity contribution in [1.29, 1.82) is 0 Å². The zero-order valence-corrected chi connectivity index (χ0v) is 6.71. The van der Waals surface area contributed by atoms with Gasteiger partial charge in [-0.1, -0.05) is 6.92 Å². The summed E-state index contributed by atoms with van der Waals surface area (Å²) in [5.41, 5.74) is -0.0123. The fourth-order valence-electron chi connectivity index (χ4n) is 0.316. The zero-order valence-electron chi connectivity index (χ0n) is 5.19. The van der Waals surface area contributed by atoms with E-state index in [1.807, 2.05) is 18.9 Å². The molecule has 0 bridgehead atoms. The Hall–Kier alpha value is 0.540. The van der Waals surface area contributed by atoms with Gasteiger partial charge in [-0.15, -0.1) is 23.2 Å². The van der Waals surface area contributed by atoms with Crippen molar-refractivity contribution in [1.82, 2.24) is 4.90 Å². The second kappa shape index (κ2) is 4.42. The average molecular weight is 156 g/mol. The molecule has 1 nitrogen and oxygen atoms in total. The van der Waals surface area contributed by atoms with Gasteiger partial charge in [0.1, 0.15) is 0 Å². The van der Waals surface area contributed by atoms with E-state index in [9.17, 15) is 0 Å². The largest absolute Gasteiger partial charge is 0.290 e. The zero-order chi connectivity index (χ0) is 6.57. The molecule has 0 aliphatic heterocycles. The Morgan fingerprint density at radius 3 is 2.25 bits per heavy atom. The lowest BCUT2D eigenvalue weighted by molar-refractivity contribution is 0.343. The second-order valence-corrected chi connectivity index (χ2v) is 2.47. The molecule has 3 heteroatoms. The first-order valence-electron chi connectivity index (χ1n) is 2.62. The van der Waals surface area contributed by atoms with E-state index in [1.165, 1.54) is 0 Å². The van der Waals surface area contributed by atoms with Crippen molar-refractivity contribution in [3.63, 3.8) is 0 Å². The maximum absolute atomic E-state index is 5.71. The maximum Gasteiger partial charge on any atom is 0.0984 e. The van der Waals surface area contributed by atoms with Gasteiger partial charge < -0.3 is 0 Å². The summed E-state index contributed by atoms with van der Waals surface area (Å²) < 4.78 is 0. The van der Waals surface area contributed by atoms with Gasteiger partial charge in [0.2, 0.25) is 0 Å². The van der Waals surface area contributed by atoms with Crippen molar-refractivity contribution >= 4 is 23.2 Å². The smallest absolute Gasteiger partial charge is 0.0984 e. The van der Waals surface area contributed by atoms with E-state index in [-0.39, 0.29) is 5.50 Å². The van der Waals surface area contributed by atoms with Crippen LogP contribution in [0.5, 0.6) is 0 Å². The number of rotatable bonds is 3. The molecule has 0 aliphatic rings. The monoisotopic (exact) mass is 155 g/mol. The van der Waals surface area contributed by atoms with E-state index in [0.29, 0.717) is 5.88 Å². The van der Waals surface area contributed by atoms with Crippen molar-refractivity contribution in [2.75, 3.05) is 19.5 Å². The SMILES string of the molecule is CCN(C)C(Cl)CCl. The fourth-order valence-corrected chi connectivity index (χ4v) is 0.690. The standard InChI is InChI=1S/C5H11Cl2N/c1-3-8(2)5(7)4-6/h5H,3-4H2,1-2H3. The van der Waals surface area contributed by atoms with Crippen LogP contribution in [0.4, 0.5) is 0 Å². The average Bonchev–Trinajstić information content (AvgIpc) is 1.84. The van der Waals surface area contributed by atoms with Crippen LogP contribution in [0.3, 0.4) is 0 Å². The Labute approximate surface area is 60.6 Å². The van der Waals surface area contributed by atoms with Gasteiger partial charge in [0.05, 0.1) is 11.4 Å². The quantitative estimate of drug-likeness (QED) is 0.444. The van der Waals surface area contributed by atoms with Crippen molar-refractivity contribution in [2.45, 2.75) is 12.4 Å². The van der Waals surface area contributed by atoms with Crippen LogP contribution in [0.25, 0.3) is 0 Å². The minimum atomic E-state index is -0.0123. The predicted molar refractivity (Wildman–Crippen MR) is 38.7 cm³/mol. The maximum atomic E-state index is 5.71. The van der Waals surface area contributed by atoms with E-state index in [2.05, 4.69) is 0 Å². The summed E-state index contributed by atoms with van der Waals surface area (Å²) in [7, 11) is 1.94. The van der Waals surface area contributed by atoms with Gasteiger partial charge in [0.25, 0.3) is 0 Å². The third-order valence-corrected chi connectivity index (χ3v) is 2.04. The molecule has 1 atom stereocenters. The number of halogens is 2. The van der Waals surface area contributed by atoms with Gasteiger partial charge in [-0.25, -0.2) is 0 Å². The molecule has 0 amide bonds. The summed E-state index contributed by atoms with van der Waals surface area (Å²) in [6.45, 7) is 2.99. The number of nitrogens with zero attached hydrogens (tertiary/aromatic N) is 1. The third-order valence-electron chi connectivity index (χ3n) is 1.10. The van der Waals surface area contributed by atoms with Crippen LogP contribution in [0.15, 0.2) is 0 Å². The predicted octanol–water partition coefficient (Wildman–Crippen LogP) is 1.74. The lowest BCUT2D eigenvalue weighted by Crippen LogP contribution is -2.27. The van der Waals surface area contributed by atoms with Gasteiger partial charge >= 0.3 is 0 Å². The fraction of sp³-hybridized carbons (Fsp3) is 1.00. The van der Waals surface area contributed by atoms with Gasteiger partial charge in [-0.2, -0.15) is 0 Å². The molecule has 1 unspecified atom stereocenters. The van der Waals surface area contributed by atoms with Crippen LogP contribution in [-0.2, 0) is 0 Å². The molecule has 0 spiro atoms. The molecular formula is C5H11Cl2N. The lowest BCUT2D eigenvalue weighted by Gasteiger charge is -2.17. The van der Waals surface area contributed by atoms with Gasteiger partial charge in [0, 0.05) is 0 Å². The molecule has 0 fully saturated rings. The van der Waals surface area contributed by atoms with Crippen molar-refractivity contribution in [3.05, 3.63) is 0 Å². The van der Waals surface area contributed by atoms with Crippen LogP contribution in [0, 0.1) is 0 Å². The molecule has 0 aromatic carbocycles.